The first-order valence-electron chi connectivity index (χ1n) is 9.76. The highest BCUT2D eigenvalue weighted by molar-refractivity contribution is 6.35. The second-order valence-electron chi connectivity index (χ2n) is 7.37. The van der Waals surface area contributed by atoms with Crippen molar-refractivity contribution in [3.05, 3.63) is 98.9 Å². The average Bonchev–Trinajstić information content (AvgIpc) is 3.29. The second kappa shape index (κ2) is 8.96. The summed E-state index contributed by atoms with van der Waals surface area (Å²) in [5, 5.41) is 12.9. The fourth-order valence-electron chi connectivity index (χ4n) is 3.30. The molecule has 2 aromatic heterocycles. The van der Waals surface area contributed by atoms with Crippen LogP contribution in [0.2, 0.25) is 10.0 Å². The van der Waals surface area contributed by atoms with E-state index in [1.165, 1.54) is 0 Å². The van der Waals surface area contributed by atoms with Crippen molar-refractivity contribution in [3.8, 4) is 0 Å². The SMILES string of the molecule is Cc1cc(C)n(Cc2ccc(C(=O)Nc3ccn(Cc4ccc(Cl)cc4Cl)n3)cc2)n1. The van der Waals surface area contributed by atoms with Crippen molar-refractivity contribution in [2.45, 2.75) is 26.9 Å². The van der Waals surface area contributed by atoms with Crippen molar-refractivity contribution >= 4 is 34.9 Å². The van der Waals surface area contributed by atoms with Crippen LogP contribution in [0.25, 0.3) is 0 Å². The van der Waals surface area contributed by atoms with Crippen LogP contribution in [0.1, 0.15) is 32.9 Å². The fraction of sp³-hybridized carbons (Fsp3) is 0.174. The molecule has 8 heteroatoms. The molecule has 0 fully saturated rings. The van der Waals surface area contributed by atoms with E-state index in [9.17, 15) is 4.79 Å². The summed E-state index contributed by atoms with van der Waals surface area (Å²) in [6, 6.07) is 16.6. The summed E-state index contributed by atoms with van der Waals surface area (Å²) in [7, 11) is 0. The molecule has 31 heavy (non-hydrogen) atoms. The number of carbonyl (C=O) groups excluding carboxylic acids is 1. The molecule has 1 N–H and O–H groups in total. The van der Waals surface area contributed by atoms with Crippen LogP contribution in [-0.2, 0) is 13.1 Å². The van der Waals surface area contributed by atoms with E-state index in [2.05, 4.69) is 15.5 Å². The number of amides is 1. The standard InChI is InChI=1S/C23H21Cl2N5O/c1-15-11-16(2)30(27-15)13-17-3-5-18(6-4-17)23(31)26-22-9-10-29(28-22)14-19-7-8-20(24)12-21(19)25/h3-12H,13-14H2,1-2H3,(H,26,28,31). The van der Waals surface area contributed by atoms with Crippen LogP contribution < -0.4 is 5.32 Å². The molecule has 2 heterocycles. The monoisotopic (exact) mass is 453 g/mol. The van der Waals surface area contributed by atoms with E-state index >= 15 is 0 Å². The van der Waals surface area contributed by atoms with Crippen LogP contribution >= 0.6 is 23.2 Å². The number of nitrogens with one attached hydrogen (secondary N) is 1. The van der Waals surface area contributed by atoms with Gasteiger partial charge < -0.3 is 5.32 Å². The Morgan fingerprint density at radius 2 is 1.74 bits per heavy atom. The van der Waals surface area contributed by atoms with Gasteiger partial charge in [-0.2, -0.15) is 10.2 Å². The Labute approximate surface area is 190 Å². The van der Waals surface area contributed by atoms with Gasteiger partial charge in [-0.1, -0.05) is 41.4 Å². The van der Waals surface area contributed by atoms with Gasteiger partial charge in [0.1, 0.15) is 0 Å². The number of rotatable bonds is 6. The minimum atomic E-state index is -0.215. The largest absolute Gasteiger partial charge is 0.305 e. The van der Waals surface area contributed by atoms with Crippen LogP contribution in [0.3, 0.4) is 0 Å². The quantitative estimate of drug-likeness (QED) is 0.427. The zero-order chi connectivity index (χ0) is 22.0. The molecule has 2 aromatic carbocycles. The number of anilines is 1. The van der Waals surface area contributed by atoms with Crippen LogP contribution in [0.15, 0.2) is 60.8 Å². The van der Waals surface area contributed by atoms with Crippen molar-refractivity contribution in [3.63, 3.8) is 0 Å². The van der Waals surface area contributed by atoms with Gasteiger partial charge in [0.15, 0.2) is 5.82 Å². The molecular formula is C23H21Cl2N5O. The van der Waals surface area contributed by atoms with Crippen molar-refractivity contribution in [1.82, 2.24) is 19.6 Å². The summed E-state index contributed by atoms with van der Waals surface area (Å²) >= 11 is 12.2. The van der Waals surface area contributed by atoms with E-state index < -0.39 is 0 Å². The first kappa shape index (κ1) is 21.2. The third kappa shape index (κ3) is 5.16. The van der Waals surface area contributed by atoms with Gasteiger partial charge in [0.25, 0.3) is 5.91 Å². The van der Waals surface area contributed by atoms with Crippen LogP contribution in [0, 0.1) is 13.8 Å². The minimum Gasteiger partial charge on any atom is -0.305 e. The van der Waals surface area contributed by atoms with Crippen molar-refractivity contribution in [1.29, 1.82) is 0 Å². The maximum Gasteiger partial charge on any atom is 0.256 e. The number of hydrogen-bond acceptors (Lipinski definition) is 3. The maximum atomic E-state index is 12.6. The lowest BCUT2D eigenvalue weighted by Crippen LogP contribution is -2.13. The lowest BCUT2D eigenvalue weighted by Gasteiger charge is -2.07. The molecule has 0 unspecified atom stereocenters. The Bertz CT molecular complexity index is 1230. The summed E-state index contributed by atoms with van der Waals surface area (Å²) in [6.45, 7) is 5.15. The molecule has 0 aliphatic carbocycles. The Balaban J connectivity index is 1.38. The molecular weight excluding hydrogens is 433 g/mol. The van der Waals surface area contributed by atoms with Gasteiger partial charge in [0.2, 0.25) is 0 Å². The molecule has 0 saturated carbocycles. The number of hydrogen-bond donors (Lipinski definition) is 1. The van der Waals surface area contributed by atoms with E-state index in [-0.39, 0.29) is 5.91 Å². The highest BCUT2D eigenvalue weighted by Crippen LogP contribution is 2.22. The normalized spacial score (nSPS) is 11.0. The summed E-state index contributed by atoms with van der Waals surface area (Å²) in [5.41, 5.74) is 4.63. The van der Waals surface area contributed by atoms with E-state index in [4.69, 9.17) is 23.2 Å². The fourth-order valence-corrected chi connectivity index (χ4v) is 3.77. The third-order valence-corrected chi connectivity index (χ3v) is 5.47. The Kier molecular flexibility index (Phi) is 6.11. The lowest BCUT2D eigenvalue weighted by atomic mass is 10.1. The summed E-state index contributed by atoms with van der Waals surface area (Å²) < 4.78 is 3.66. The number of carbonyl (C=O) groups is 1. The minimum absolute atomic E-state index is 0.215. The lowest BCUT2D eigenvalue weighted by molar-refractivity contribution is 0.102. The smallest absolute Gasteiger partial charge is 0.256 e. The van der Waals surface area contributed by atoms with Crippen LogP contribution in [-0.4, -0.2) is 25.5 Å². The van der Waals surface area contributed by atoms with Gasteiger partial charge in [-0.3, -0.25) is 14.2 Å². The highest BCUT2D eigenvalue weighted by Gasteiger charge is 2.10. The van der Waals surface area contributed by atoms with Gasteiger partial charge >= 0.3 is 0 Å². The number of aryl methyl sites for hydroxylation is 2. The van der Waals surface area contributed by atoms with Crippen molar-refractivity contribution in [2.24, 2.45) is 0 Å². The molecule has 0 aliphatic rings. The predicted molar refractivity (Wildman–Crippen MR) is 123 cm³/mol. The van der Waals surface area contributed by atoms with Gasteiger partial charge in [-0.15, -0.1) is 0 Å². The Morgan fingerprint density at radius 1 is 0.968 bits per heavy atom. The Hall–Kier alpha value is -3.09. The van der Waals surface area contributed by atoms with Gasteiger partial charge in [0, 0.05) is 33.6 Å². The second-order valence-corrected chi connectivity index (χ2v) is 8.21. The molecule has 0 saturated heterocycles. The molecule has 0 spiro atoms. The molecule has 4 aromatic rings. The zero-order valence-electron chi connectivity index (χ0n) is 17.1. The average molecular weight is 454 g/mol. The van der Waals surface area contributed by atoms with Gasteiger partial charge in [-0.05, 0) is 55.3 Å². The molecule has 0 aliphatic heterocycles. The molecule has 0 radical (unpaired) electrons. The highest BCUT2D eigenvalue weighted by atomic mass is 35.5. The first-order valence-corrected chi connectivity index (χ1v) is 10.5. The van der Waals surface area contributed by atoms with Crippen LogP contribution in [0.5, 0.6) is 0 Å². The number of benzene rings is 2. The van der Waals surface area contributed by atoms with Gasteiger partial charge in [-0.25, -0.2) is 0 Å². The third-order valence-electron chi connectivity index (χ3n) is 4.88. The molecule has 0 bridgehead atoms. The van der Waals surface area contributed by atoms with Crippen molar-refractivity contribution < 1.29 is 4.79 Å². The summed E-state index contributed by atoms with van der Waals surface area (Å²) in [6.07, 6.45) is 1.79. The molecule has 158 valence electrons. The summed E-state index contributed by atoms with van der Waals surface area (Å²) in [4.78, 5) is 12.6. The van der Waals surface area contributed by atoms with E-state index in [0.717, 1.165) is 22.5 Å². The zero-order valence-corrected chi connectivity index (χ0v) is 18.7. The molecule has 0 atom stereocenters. The Morgan fingerprint density at radius 3 is 2.42 bits per heavy atom. The molecule has 6 nitrogen and oxygen atoms in total. The molecule has 4 rings (SSSR count). The van der Waals surface area contributed by atoms with Gasteiger partial charge in [0.05, 0.1) is 18.8 Å². The summed E-state index contributed by atoms with van der Waals surface area (Å²) in [5.74, 6) is 0.259. The number of aromatic nitrogens is 4. The number of nitrogens with zero attached hydrogens (tertiary/aromatic N) is 4. The first-order chi connectivity index (χ1) is 14.9. The number of halogens is 2. The molecule has 1 amide bonds. The van der Waals surface area contributed by atoms with E-state index in [0.29, 0.717) is 34.5 Å². The van der Waals surface area contributed by atoms with E-state index in [1.54, 1.807) is 41.2 Å². The van der Waals surface area contributed by atoms with E-state index in [1.807, 2.05) is 42.8 Å². The topological polar surface area (TPSA) is 64.7 Å². The predicted octanol–water partition coefficient (Wildman–Crippen LogP) is 5.35. The van der Waals surface area contributed by atoms with Crippen molar-refractivity contribution in [2.75, 3.05) is 5.32 Å². The maximum absolute atomic E-state index is 12.6. The van der Waals surface area contributed by atoms with Crippen LogP contribution in [0.4, 0.5) is 5.82 Å².